The van der Waals surface area contributed by atoms with Crippen LogP contribution in [0.1, 0.15) is 29.3 Å². The molecule has 0 saturated carbocycles. The van der Waals surface area contributed by atoms with E-state index in [-0.39, 0.29) is 12.4 Å². The molecule has 0 aliphatic carbocycles. The predicted octanol–water partition coefficient (Wildman–Crippen LogP) is 2.93. The molecular formula is C15H18O3. The van der Waals surface area contributed by atoms with Gasteiger partial charge in [0.15, 0.2) is 5.78 Å². The van der Waals surface area contributed by atoms with Gasteiger partial charge in [-0.1, -0.05) is 35.9 Å². The first-order valence-corrected chi connectivity index (χ1v) is 5.98. The number of ketones is 1. The monoisotopic (exact) mass is 246 g/mol. The van der Waals surface area contributed by atoms with Crippen LogP contribution in [0.5, 0.6) is 0 Å². The van der Waals surface area contributed by atoms with Crippen molar-refractivity contribution in [3.63, 3.8) is 0 Å². The molecule has 0 heterocycles. The van der Waals surface area contributed by atoms with Crippen LogP contribution >= 0.6 is 0 Å². The van der Waals surface area contributed by atoms with Crippen LogP contribution in [0.15, 0.2) is 36.9 Å². The molecule has 0 amide bonds. The zero-order valence-electron chi connectivity index (χ0n) is 10.8. The number of allylic oxidation sites excluding steroid dienone is 1. The maximum absolute atomic E-state index is 12.2. The fourth-order valence-corrected chi connectivity index (χ4v) is 1.64. The molecule has 0 saturated heterocycles. The molecule has 1 aromatic carbocycles. The van der Waals surface area contributed by atoms with Crippen LogP contribution in [-0.2, 0) is 9.53 Å². The van der Waals surface area contributed by atoms with E-state index in [2.05, 4.69) is 6.58 Å². The number of ether oxygens (including phenoxy) is 1. The van der Waals surface area contributed by atoms with Gasteiger partial charge in [0.1, 0.15) is 5.92 Å². The smallest absolute Gasteiger partial charge is 0.317 e. The molecule has 1 aromatic rings. The molecule has 96 valence electrons. The van der Waals surface area contributed by atoms with E-state index in [1.165, 1.54) is 0 Å². The maximum atomic E-state index is 12.2. The maximum Gasteiger partial charge on any atom is 0.317 e. The Bertz CT molecular complexity index is 432. The molecule has 3 nitrogen and oxygen atoms in total. The summed E-state index contributed by atoms with van der Waals surface area (Å²) in [5.41, 5.74) is 1.60. The van der Waals surface area contributed by atoms with Gasteiger partial charge in [-0.2, -0.15) is 0 Å². The lowest BCUT2D eigenvalue weighted by Gasteiger charge is -2.12. The molecule has 1 rings (SSSR count). The Hall–Kier alpha value is -1.90. The molecule has 0 N–H and O–H groups in total. The van der Waals surface area contributed by atoms with Gasteiger partial charge in [-0.15, -0.1) is 6.58 Å². The number of Topliss-reactive ketones (excluding diaryl/α,β-unsaturated/α-hetero) is 1. The van der Waals surface area contributed by atoms with Crippen molar-refractivity contribution in [3.05, 3.63) is 48.0 Å². The Labute approximate surface area is 107 Å². The number of hydrogen-bond donors (Lipinski definition) is 0. The van der Waals surface area contributed by atoms with Crippen molar-refractivity contribution in [2.45, 2.75) is 20.3 Å². The Morgan fingerprint density at radius 3 is 2.44 bits per heavy atom. The highest BCUT2D eigenvalue weighted by Crippen LogP contribution is 2.15. The summed E-state index contributed by atoms with van der Waals surface area (Å²) >= 11 is 0. The van der Waals surface area contributed by atoms with Crippen molar-refractivity contribution in [2.75, 3.05) is 6.61 Å². The normalized spacial score (nSPS) is 11.7. The summed E-state index contributed by atoms with van der Waals surface area (Å²) in [6.07, 6.45) is 1.86. The first kappa shape index (κ1) is 14.2. The van der Waals surface area contributed by atoms with Crippen LogP contribution in [0.2, 0.25) is 0 Å². The lowest BCUT2D eigenvalue weighted by molar-refractivity contribution is -0.146. The number of benzene rings is 1. The van der Waals surface area contributed by atoms with E-state index in [9.17, 15) is 9.59 Å². The SMILES string of the molecule is C=CCC(C(=O)OCC)C(=O)c1ccc(C)cc1. The highest BCUT2D eigenvalue weighted by Gasteiger charge is 2.27. The van der Waals surface area contributed by atoms with E-state index in [0.29, 0.717) is 12.0 Å². The molecule has 0 aromatic heterocycles. The zero-order valence-corrected chi connectivity index (χ0v) is 10.8. The number of hydrogen-bond acceptors (Lipinski definition) is 3. The number of carbonyl (C=O) groups excluding carboxylic acids is 2. The lowest BCUT2D eigenvalue weighted by Crippen LogP contribution is -2.26. The predicted molar refractivity (Wildman–Crippen MR) is 70.4 cm³/mol. The topological polar surface area (TPSA) is 43.4 Å². The number of aryl methyl sites for hydroxylation is 1. The first-order valence-electron chi connectivity index (χ1n) is 5.98. The molecule has 3 heteroatoms. The van der Waals surface area contributed by atoms with E-state index < -0.39 is 11.9 Å². The van der Waals surface area contributed by atoms with Crippen LogP contribution in [0, 0.1) is 12.8 Å². The van der Waals surface area contributed by atoms with Crippen molar-refractivity contribution >= 4 is 11.8 Å². The van der Waals surface area contributed by atoms with Gasteiger partial charge in [-0.25, -0.2) is 0 Å². The lowest BCUT2D eigenvalue weighted by atomic mass is 9.94. The highest BCUT2D eigenvalue weighted by molar-refractivity contribution is 6.08. The van der Waals surface area contributed by atoms with Gasteiger partial charge >= 0.3 is 5.97 Å². The van der Waals surface area contributed by atoms with E-state index in [4.69, 9.17) is 4.74 Å². The quantitative estimate of drug-likeness (QED) is 0.335. The second-order valence-electron chi connectivity index (χ2n) is 4.06. The fraction of sp³-hybridized carbons (Fsp3) is 0.333. The Kier molecular flexibility index (Phi) is 5.31. The van der Waals surface area contributed by atoms with Crippen molar-refractivity contribution in [3.8, 4) is 0 Å². The van der Waals surface area contributed by atoms with Crippen molar-refractivity contribution in [1.82, 2.24) is 0 Å². The van der Waals surface area contributed by atoms with Crippen LogP contribution in [-0.4, -0.2) is 18.4 Å². The van der Waals surface area contributed by atoms with Gasteiger partial charge in [0.25, 0.3) is 0 Å². The van der Waals surface area contributed by atoms with Gasteiger partial charge < -0.3 is 4.74 Å². The molecular weight excluding hydrogens is 228 g/mol. The molecule has 1 unspecified atom stereocenters. The number of esters is 1. The van der Waals surface area contributed by atoms with Crippen molar-refractivity contribution in [2.24, 2.45) is 5.92 Å². The third-order valence-corrected chi connectivity index (χ3v) is 2.63. The van der Waals surface area contributed by atoms with Crippen LogP contribution in [0.4, 0.5) is 0 Å². The van der Waals surface area contributed by atoms with Gasteiger partial charge in [0, 0.05) is 5.56 Å². The Morgan fingerprint density at radius 2 is 1.94 bits per heavy atom. The summed E-state index contributed by atoms with van der Waals surface area (Å²) in [6, 6.07) is 7.16. The third kappa shape index (κ3) is 3.55. The molecule has 0 aliphatic heterocycles. The number of rotatable bonds is 6. The highest BCUT2D eigenvalue weighted by atomic mass is 16.5. The minimum Gasteiger partial charge on any atom is -0.465 e. The summed E-state index contributed by atoms with van der Waals surface area (Å²) < 4.78 is 4.92. The standard InChI is InChI=1S/C15H18O3/c1-4-6-13(15(17)18-5-2)14(16)12-9-7-11(3)8-10-12/h4,7-10,13H,1,5-6H2,2-3H3. The zero-order chi connectivity index (χ0) is 13.5. The summed E-state index contributed by atoms with van der Waals surface area (Å²) in [7, 11) is 0. The molecule has 18 heavy (non-hydrogen) atoms. The van der Waals surface area contributed by atoms with E-state index in [1.54, 1.807) is 25.1 Å². The first-order chi connectivity index (χ1) is 8.60. The second kappa shape index (κ2) is 6.74. The van der Waals surface area contributed by atoms with Crippen LogP contribution < -0.4 is 0 Å². The largest absolute Gasteiger partial charge is 0.465 e. The Balaban J connectivity index is 2.91. The minimum atomic E-state index is -0.787. The van der Waals surface area contributed by atoms with Gasteiger partial charge in [-0.3, -0.25) is 9.59 Å². The second-order valence-corrected chi connectivity index (χ2v) is 4.06. The average Bonchev–Trinajstić information content (AvgIpc) is 2.36. The van der Waals surface area contributed by atoms with Crippen molar-refractivity contribution < 1.29 is 14.3 Å². The van der Waals surface area contributed by atoms with Crippen LogP contribution in [0.25, 0.3) is 0 Å². The van der Waals surface area contributed by atoms with Crippen molar-refractivity contribution in [1.29, 1.82) is 0 Å². The van der Waals surface area contributed by atoms with E-state index in [0.717, 1.165) is 5.56 Å². The fourth-order valence-electron chi connectivity index (χ4n) is 1.64. The molecule has 0 bridgehead atoms. The van der Waals surface area contributed by atoms with Gasteiger partial charge in [0.05, 0.1) is 6.61 Å². The summed E-state index contributed by atoms with van der Waals surface area (Å²) in [5, 5.41) is 0. The summed E-state index contributed by atoms with van der Waals surface area (Å²) in [5.74, 6) is -1.48. The molecule has 0 fully saturated rings. The molecule has 1 atom stereocenters. The van der Waals surface area contributed by atoms with E-state index in [1.807, 2.05) is 19.1 Å². The summed E-state index contributed by atoms with van der Waals surface area (Å²) in [4.78, 5) is 23.9. The average molecular weight is 246 g/mol. The molecule has 0 radical (unpaired) electrons. The van der Waals surface area contributed by atoms with E-state index >= 15 is 0 Å². The van der Waals surface area contributed by atoms with Gasteiger partial charge in [0.2, 0.25) is 0 Å². The van der Waals surface area contributed by atoms with Crippen LogP contribution in [0.3, 0.4) is 0 Å². The minimum absolute atomic E-state index is 0.214. The Morgan fingerprint density at radius 1 is 1.33 bits per heavy atom. The van der Waals surface area contributed by atoms with Gasteiger partial charge in [-0.05, 0) is 20.3 Å². The summed E-state index contributed by atoms with van der Waals surface area (Å²) in [6.45, 7) is 7.51. The third-order valence-electron chi connectivity index (χ3n) is 2.63. The number of carbonyl (C=O) groups is 2. The molecule has 0 spiro atoms. The molecule has 0 aliphatic rings.